The van der Waals surface area contributed by atoms with Crippen LogP contribution in [0.2, 0.25) is 0 Å². The molecule has 0 spiro atoms. The lowest BCUT2D eigenvalue weighted by atomic mass is 10.1. The second-order valence-corrected chi connectivity index (χ2v) is 3.64. The van der Waals surface area contributed by atoms with Gasteiger partial charge in [0.05, 0.1) is 0 Å². The quantitative estimate of drug-likeness (QED) is 0.747. The number of phenolic OH excluding ortho intramolecular Hbond substituents is 1. The number of nitrogens with one attached hydrogen (secondary N) is 1. The first kappa shape index (κ1) is 10.1. The summed E-state index contributed by atoms with van der Waals surface area (Å²) in [6.07, 6.45) is 0. The lowest BCUT2D eigenvalue weighted by Crippen LogP contribution is -2.25. The average Bonchev–Trinajstić information content (AvgIpc) is 2.03. The molecule has 0 bridgehead atoms. The van der Waals surface area contributed by atoms with Gasteiger partial charge in [0, 0.05) is 12.1 Å². The summed E-state index contributed by atoms with van der Waals surface area (Å²) in [5.74, 6) is 0.329. The number of aromatic hydroxyl groups is 1. The van der Waals surface area contributed by atoms with Gasteiger partial charge >= 0.3 is 0 Å². The highest BCUT2D eigenvalue weighted by molar-refractivity contribution is 5.29. The van der Waals surface area contributed by atoms with Gasteiger partial charge in [-0.25, -0.2) is 0 Å². The molecule has 0 unspecified atom stereocenters. The molecule has 1 aromatic rings. The molecule has 0 radical (unpaired) electrons. The van der Waals surface area contributed by atoms with Crippen molar-refractivity contribution in [3.63, 3.8) is 0 Å². The van der Waals surface area contributed by atoms with Crippen molar-refractivity contribution in [2.24, 2.45) is 0 Å². The minimum absolute atomic E-state index is 0.284. The summed E-state index contributed by atoms with van der Waals surface area (Å²) in [5, 5.41) is 12.6. The van der Waals surface area contributed by atoms with Crippen molar-refractivity contribution in [2.45, 2.75) is 32.9 Å². The van der Waals surface area contributed by atoms with Crippen LogP contribution in [-0.2, 0) is 0 Å². The van der Waals surface area contributed by atoms with Gasteiger partial charge < -0.3 is 10.4 Å². The zero-order valence-corrected chi connectivity index (χ0v) is 8.41. The van der Waals surface area contributed by atoms with E-state index in [1.165, 1.54) is 0 Å². The Morgan fingerprint density at radius 1 is 1.23 bits per heavy atom. The molecule has 0 aliphatic carbocycles. The van der Waals surface area contributed by atoms with E-state index in [2.05, 4.69) is 26.1 Å². The topological polar surface area (TPSA) is 32.3 Å². The Hall–Kier alpha value is -1.02. The Balaban J connectivity index is 2.71. The van der Waals surface area contributed by atoms with E-state index < -0.39 is 0 Å². The van der Waals surface area contributed by atoms with Crippen LogP contribution in [0.3, 0.4) is 0 Å². The highest BCUT2D eigenvalue weighted by atomic mass is 16.3. The van der Waals surface area contributed by atoms with E-state index in [1.807, 2.05) is 12.1 Å². The van der Waals surface area contributed by atoms with Crippen molar-refractivity contribution >= 4 is 0 Å². The van der Waals surface area contributed by atoms with Crippen LogP contribution in [0.25, 0.3) is 0 Å². The third-order valence-electron chi connectivity index (χ3n) is 1.95. The fourth-order valence-electron chi connectivity index (χ4n) is 1.39. The first-order chi connectivity index (χ1) is 6.09. The highest BCUT2D eigenvalue weighted by Gasteiger charge is 2.06. The predicted octanol–water partition coefficient (Wildman–Crippen LogP) is 2.45. The van der Waals surface area contributed by atoms with Crippen molar-refractivity contribution < 1.29 is 5.11 Å². The minimum Gasteiger partial charge on any atom is -0.508 e. The minimum atomic E-state index is 0.284. The molecule has 1 atom stereocenters. The van der Waals surface area contributed by atoms with E-state index in [1.54, 1.807) is 12.1 Å². The first-order valence-corrected chi connectivity index (χ1v) is 4.64. The second-order valence-electron chi connectivity index (χ2n) is 3.64. The number of phenols is 1. The normalized spacial score (nSPS) is 13.2. The molecule has 1 rings (SSSR count). The molecular weight excluding hydrogens is 162 g/mol. The standard InChI is InChI=1S/C11H17NO/c1-8(2)12-9(3)10-5-4-6-11(13)7-10/h4-9,12-13H,1-3H3/t9-/m1/s1. The van der Waals surface area contributed by atoms with E-state index >= 15 is 0 Å². The van der Waals surface area contributed by atoms with Gasteiger partial charge in [-0.05, 0) is 24.6 Å². The van der Waals surface area contributed by atoms with Crippen molar-refractivity contribution in [3.05, 3.63) is 29.8 Å². The van der Waals surface area contributed by atoms with Crippen molar-refractivity contribution in [2.75, 3.05) is 0 Å². The van der Waals surface area contributed by atoms with Crippen LogP contribution in [0.5, 0.6) is 5.75 Å². The summed E-state index contributed by atoms with van der Waals surface area (Å²) >= 11 is 0. The Morgan fingerprint density at radius 2 is 1.92 bits per heavy atom. The van der Waals surface area contributed by atoms with E-state index in [0.717, 1.165) is 5.56 Å². The molecule has 1 aromatic carbocycles. The zero-order valence-electron chi connectivity index (χ0n) is 8.41. The SMILES string of the molecule is CC(C)N[C@H](C)c1cccc(O)c1. The molecule has 0 saturated carbocycles. The van der Waals surface area contributed by atoms with E-state index in [0.29, 0.717) is 11.8 Å². The fraction of sp³-hybridized carbons (Fsp3) is 0.455. The highest BCUT2D eigenvalue weighted by Crippen LogP contribution is 2.17. The van der Waals surface area contributed by atoms with Crippen LogP contribution in [0.1, 0.15) is 32.4 Å². The second kappa shape index (κ2) is 4.28. The third-order valence-corrected chi connectivity index (χ3v) is 1.95. The van der Waals surface area contributed by atoms with Gasteiger partial charge in [-0.3, -0.25) is 0 Å². The lowest BCUT2D eigenvalue weighted by Gasteiger charge is -2.17. The van der Waals surface area contributed by atoms with E-state index in [-0.39, 0.29) is 6.04 Å². The maximum absolute atomic E-state index is 9.27. The molecule has 2 nitrogen and oxygen atoms in total. The van der Waals surface area contributed by atoms with Gasteiger partial charge in [0.25, 0.3) is 0 Å². The first-order valence-electron chi connectivity index (χ1n) is 4.64. The van der Waals surface area contributed by atoms with E-state index in [4.69, 9.17) is 0 Å². The average molecular weight is 179 g/mol. The number of benzene rings is 1. The zero-order chi connectivity index (χ0) is 9.84. The maximum Gasteiger partial charge on any atom is 0.115 e. The Morgan fingerprint density at radius 3 is 2.46 bits per heavy atom. The molecular formula is C11H17NO. The molecule has 0 aromatic heterocycles. The van der Waals surface area contributed by atoms with Gasteiger partial charge in [0.1, 0.15) is 5.75 Å². The molecule has 0 aliphatic heterocycles. The Bertz CT molecular complexity index is 271. The number of hydrogen-bond acceptors (Lipinski definition) is 2. The van der Waals surface area contributed by atoms with Crippen molar-refractivity contribution in [1.82, 2.24) is 5.32 Å². The van der Waals surface area contributed by atoms with Crippen LogP contribution in [-0.4, -0.2) is 11.1 Å². The summed E-state index contributed by atoms with van der Waals surface area (Å²) in [5.41, 5.74) is 1.12. The smallest absolute Gasteiger partial charge is 0.115 e. The van der Waals surface area contributed by atoms with E-state index in [9.17, 15) is 5.11 Å². The molecule has 2 heteroatoms. The predicted molar refractivity (Wildman–Crippen MR) is 54.8 cm³/mol. The number of rotatable bonds is 3. The number of hydrogen-bond donors (Lipinski definition) is 2. The van der Waals surface area contributed by atoms with Crippen LogP contribution in [0.15, 0.2) is 24.3 Å². The molecule has 0 amide bonds. The molecule has 2 N–H and O–H groups in total. The van der Waals surface area contributed by atoms with Crippen LogP contribution in [0.4, 0.5) is 0 Å². The van der Waals surface area contributed by atoms with Gasteiger partial charge in [0.2, 0.25) is 0 Å². The molecule has 72 valence electrons. The molecule has 0 heterocycles. The van der Waals surface area contributed by atoms with Crippen LogP contribution in [0, 0.1) is 0 Å². The third kappa shape index (κ3) is 3.07. The largest absolute Gasteiger partial charge is 0.508 e. The fourth-order valence-corrected chi connectivity index (χ4v) is 1.39. The summed E-state index contributed by atoms with van der Waals surface area (Å²) in [7, 11) is 0. The van der Waals surface area contributed by atoms with Gasteiger partial charge in [-0.1, -0.05) is 26.0 Å². The Kier molecular flexibility index (Phi) is 3.32. The maximum atomic E-state index is 9.27. The van der Waals surface area contributed by atoms with Gasteiger partial charge in [-0.2, -0.15) is 0 Å². The molecule has 13 heavy (non-hydrogen) atoms. The van der Waals surface area contributed by atoms with Crippen LogP contribution < -0.4 is 5.32 Å². The summed E-state index contributed by atoms with van der Waals surface area (Å²) in [6.45, 7) is 6.31. The van der Waals surface area contributed by atoms with Crippen molar-refractivity contribution in [1.29, 1.82) is 0 Å². The van der Waals surface area contributed by atoms with Gasteiger partial charge in [-0.15, -0.1) is 0 Å². The molecule has 0 fully saturated rings. The summed E-state index contributed by atoms with van der Waals surface area (Å²) in [6, 6.07) is 8.10. The lowest BCUT2D eigenvalue weighted by molar-refractivity contribution is 0.468. The van der Waals surface area contributed by atoms with Crippen molar-refractivity contribution in [3.8, 4) is 5.75 Å². The van der Waals surface area contributed by atoms with Gasteiger partial charge in [0.15, 0.2) is 0 Å². The monoisotopic (exact) mass is 179 g/mol. The molecule has 0 saturated heterocycles. The van der Waals surface area contributed by atoms with Crippen LogP contribution >= 0.6 is 0 Å². The summed E-state index contributed by atoms with van der Waals surface area (Å²) < 4.78 is 0. The Labute approximate surface area is 79.6 Å². The molecule has 0 aliphatic rings. The summed E-state index contributed by atoms with van der Waals surface area (Å²) in [4.78, 5) is 0.